The lowest BCUT2D eigenvalue weighted by Gasteiger charge is -2.03. The summed E-state index contributed by atoms with van der Waals surface area (Å²) in [6.07, 6.45) is 2.35. The number of hydrogen-bond donors (Lipinski definition) is 1. The number of ether oxygens (including phenoxy) is 2. The van der Waals surface area contributed by atoms with Gasteiger partial charge in [-0.1, -0.05) is 0 Å². The molecule has 0 amide bonds. The summed E-state index contributed by atoms with van der Waals surface area (Å²) in [5, 5.41) is 8.44. The van der Waals surface area contributed by atoms with Gasteiger partial charge < -0.3 is 14.6 Å². The Morgan fingerprint density at radius 1 is 1.07 bits per heavy atom. The van der Waals surface area contributed by atoms with Gasteiger partial charge in [-0.3, -0.25) is 9.59 Å². The predicted octanol–water partition coefficient (Wildman–Crippen LogP) is 0.645. The number of aliphatic hydroxyl groups is 1. The maximum Gasteiger partial charge on any atom is 0.305 e. The van der Waals surface area contributed by atoms with E-state index in [2.05, 4.69) is 4.74 Å². The normalized spacial score (nSPS) is 9.73. The van der Waals surface area contributed by atoms with Crippen LogP contribution >= 0.6 is 0 Å². The lowest BCUT2D eigenvalue weighted by Crippen LogP contribution is -2.07. The zero-order chi connectivity index (χ0) is 11.5. The third-order valence-corrected chi connectivity index (χ3v) is 1.80. The first-order valence-corrected chi connectivity index (χ1v) is 5.04. The molecule has 5 nitrogen and oxygen atoms in total. The fraction of sp³-hybridized carbons (Fsp3) is 0.800. The molecule has 0 aliphatic heterocycles. The van der Waals surface area contributed by atoms with Gasteiger partial charge in [-0.2, -0.15) is 0 Å². The zero-order valence-corrected chi connectivity index (χ0v) is 9.03. The van der Waals surface area contributed by atoms with E-state index in [1.807, 2.05) is 0 Å². The van der Waals surface area contributed by atoms with E-state index < -0.39 is 0 Å². The van der Waals surface area contributed by atoms with Crippen molar-refractivity contribution in [3.63, 3.8) is 0 Å². The van der Waals surface area contributed by atoms with Crippen molar-refractivity contribution in [3.8, 4) is 0 Å². The molecule has 1 N–H and O–H groups in total. The highest BCUT2D eigenvalue weighted by Crippen LogP contribution is 2.02. The first-order valence-electron chi connectivity index (χ1n) is 5.04. The van der Waals surface area contributed by atoms with Crippen LogP contribution in [0, 0.1) is 0 Å². The first-order chi connectivity index (χ1) is 7.20. The fourth-order valence-electron chi connectivity index (χ4n) is 0.963. The minimum Gasteiger partial charge on any atom is -0.469 e. The minimum absolute atomic E-state index is 0.0234. The lowest BCUT2D eigenvalue weighted by molar-refractivity contribution is -0.145. The van der Waals surface area contributed by atoms with Crippen molar-refractivity contribution < 1.29 is 24.2 Å². The van der Waals surface area contributed by atoms with Gasteiger partial charge in [0.15, 0.2) is 0 Å². The van der Waals surface area contributed by atoms with Crippen LogP contribution in [0.2, 0.25) is 0 Å². The summed E-state index contributed by atoms with van der Waals surface area (Å²) in [4.78, 5) is 21.7. The molecule has 88 valence electrons. The Morgan fingerprint density at radius 2 is 1.67 bits per heavy atom. The Hall–Kier alpha value is -1.10. The Bertz CT molecular complexity index is 190. The standard InChI is InChI=1S/C10H18O5/c1-14-9(12)5-2-3-6-10(13)15-8-4-7-11/h11H,2-8H2,1H3. The van der Waals surface area contributed by atoms with Crippen LogP contribution < -0.4 is 0 Å². The molecular formula is C10H18O5. The third-order valence-electron chi connectivity index (χ3n) is 1.80. The van der Waals surface area contributed by atoms with Crippen LogP contribution in [0.15, 0.2) is 0 Å². The van der Waals surface area contributed by atoms with Gasteiger partial charge in [0.25, 0.3) is 0 Å². The largest absolute Gasteiger partial charge is 0.469 e. The number of methoxy groups -OCH3 is 1. The number of rotatable bonds is 8. The summed E-state index contributed by atoms with van der Waals surface area (Å²) >= 11 is 0. The first kappa shape index (κ1) is 13.9. The molecule has 0 aromatic carbocycles. The van der Waals surface area contributed by atoms with E-state index in [1.165, 1.54) is 7.11 Å². The molecule has 0 aliphatic rings. The van der Waals surface area contributed by atoms with Crippen molar-refractivity contribution in [1.29, 1.82) is 0 Å². The summed E-state index contributed by atoms with van der Waals surface area (Å²) in [5.74, 6) is -0.544. The van der Waals surface area contributed by atoms with Crippen LogP contribution in [-0.4, -0.2) is 37.4 Å². The molecule has 0 radical (unpaired) electrons. The summed E-state index contributed by atoms with van der Waals surface area (Å²) in [6.45, 7) is 0.280. The van der Waals surface area contributed by atoms with Crippen LogP contribution in [0.5, 0.6) is 0 Å². The van der Waals surface area contributed by atoms with Crippen LogP contribution in [0.25, 0.3) is 0 Å². The van der Waals surface area contributed by atoms with Gasteiger partial charge >= 0.3 is 11.9 Å². The molecule has 0 unspecified atom stereocenters. The molecule has 0 heterocycles. The second-order valence-electron chi connectivity index (χ2n) is 3.08. The molecular weight excluding hydrogens is 200 g/mol. The van der Waals surface area contributed by atoms with E-state index in [4.69, 9.17) is 9.84 Å². The summed E-state index contributed by atoms with van der Waals surface area (Å²) in [5.41, 5.74) is 0. The summed E-state index contributed by atoms with van der Waals surface area (Å²) in [6, 6.07) is 0. The highest BCUT2D eigenvalue weighted by molar-refractivity contribution is 5.70. The smallest absolute Gasteiger partial charge is 0.305 e. The molecule has 0 saturated carbocycles. The van der Waals surface area contributed by atoms with Gasteiger partial charge in [-0.15, -0.1) is 0 Å². The van der Waals surface area contributed by atoms with E-state index in [0.29, 0.717) is 32.1 Å². The van der Waals surface area contributed by atoms with E-state index in [9.17, 15) is 9.59 Å². The number of esters is 2. The second kappa shape index (κ2) is 9.45. The summed E-state index contributed by atoms with van der Waals surface area (Å²) in [7, 11) is 1.34. The van der Waals surface area contributed by atoms with Gasteiger partial charge in [0, 0.05) is 25.9 Å². The number of carbonyl (C=O) groups is 2. The van der Waals surface area contributed by atoms with Crippen LogP contribution in [-0.2, 0) is 19.1 Å². The van der Waals surface area contributed by atoms with Crippen LogP contribution in [0.1, 0.15) is 32.1 Å². The van der Waals surface area contributed by atoms with Crippen molar-refractivity contribution >= 4 is 11.9 Å². The van der Waals surface area contributed by atoms with Gasteiger partial charge in [-0.25, -0.2) is 0 Å². The molecule has 0 aromatic heterocycles. The Morgan fingerprint density at radius 3 is 2.20 bits per heavy atom. The molecule has 0 spiro atoms. The van der Waals surface area contributed by atoms with E-state index in [0.717, 1.165) is 0 Å². The van der Waals surface area contributed by atoms with Gasteiger partial charge in [0.1, 0.15) is 0 Å². The molecule has 15 heavy (non-hydrogen) atoms. The number of hydrogen-bond acceptors (Lipinski definition) is 5. The molecule has 5 heteroatoms. The van der Waals surface area contributed by atoms with Crippen molar-refractivity contribution in [2.24, 2.45) is 0 Å². The summed E-state index contributed by atoms with van der Waals surface area (Å²) < 4.78 is 9.25. The van der Waals surface area contributed by atoms with Gasteiger partial charge in [0.05, 0.1) is 13.7 Å². The quantitative estimate of drug-likeness (QED) is 0.478. The maximum atomic E-state index is 11.0. The van der Waals surface area contributed by atoms with Crippen LogP contribution in [0.4, 0.5) is 0 Å². The average molecular weight is 218 g/mol. The second-order valence-corrected chi connectivity index (χ2v) is 3.08. The third kappa shape index (κ3) is 9.21. The van der Waals surface area contributed by atoms with Crippen molar-refractivity contribution in [2.75, 3.05) is 20.3 Å². The number of carbonyl (C=O) groups excluding carboxylic acids is 2. The van der Waals surface area contributed by atoms with E-state index in [-0.39, 0.29) is 25.2 Å². The Balaban J connectivity index is 3.27. The van der Waals surface area contributed by atoms with Crippen molar-refractivity contribution in [1.82, 2.24) is 0 Å². The van der Waals surface area contributed by atoms with E-state index in [1.54, 1.807) is 0 Å². The van der Waals surface area contributed by atoms with Crippen molar-refractivity contribution in [2.45, 2.75) is 32.1 Å². The molecule has 0 aromatic rings. The van der Waals surface area contributed by atoms with Crippen molar-refractivity contribution in [3.05, 3.63) is 0 Å². The van der Waals surface area contributed by atoms with Gasteiger partial charge in [-0.05, 0) is 12.8 Å². The van der Waals surface area contributed by atoms with E-state index >= 15 is 0 Å². The molecule has 0 fully saturated rings. The molecule has 0 atom stereocenters. The highest BCUT2D eigenvalue weighted by Gasteiger charge is 2.04. The Kier molecular flexibility index (Phi) is 8.76. The number of aliphatic hydroxyl groups excluding tert-OH is 1. The topological polar surface area (TPSA) is 72.8 Å². The fourth-order valence-corrected chi connectivity index (χ4v) is 0.963. The lowest BCUT2D eigenvalue weighted by atomic mass is 10.2. The molecule has 0 saturated heterocycles. The maximum absolute atomic E-state index is 11.0. The zero-order valence-electron chi connectivity index (χ0n) is 9.03. The molecule has 0 aliphatic carbocycles. The predicted molar refractivity (Wildman–Crippen MR) is 53.1 cm³/mol. The SMILES string of the molecule is COC(=O)CCCCC(=O)OCCCO. The molecule has 0 bridgehead atoms. The average Bonchev–Trinajstić information content (AvgIpc) is 2.24. The van der Waals surface area contributed by atoms with Gasteiger partial charge in [0.2, 0.25) is 0 Å². The highest BCUT2D eigenvalue weighted by atomic mass is 16.5. The monoisotopic (exact) mass is 218 g/mol. The number of unbranched alkanes of at least 4 members (excludes halogenated alkanes) is 1. The van der Waals surface area contributed by atoms with Crippen LogP contribution in [0.3, 0.4) is 0 Å². The Labute approximate surface area is 89.4 Å². The molecule has 0 rings (SSSR count). The minimum atomic E-state index is -0.284.